The number of methoxy groups -OCH3 is 1. The third-order valence-electron chi connectivity index (χ3n) is 8.38. The highest BCUT2D eigenvalue weighted by atomic mass is 32.2. The molecule has 12 heteroatoms. The fourth-order valence-corrected chi connectivity index (χ4v) is 7.67. The third kappa shape index (κ3) is 5.13. The number of oxazole rings is 1. The lowest BCUT2D eigenvalue weighted by Crippen LogP contribution is -2.64. The van der Waals surface area contributed by atoms with Crippen molar-refractivity contribution < 1.29 is 33.0 Å². The van der Waals surface area contributed by atoms with Crippen LogP contribution in [-0.2, 0) is 19.1 Å². The summed E-state index contributed by atoms with van der Waals surface area (Å²) in [6.07, 6.45) is 4.94. The van der Waals surface area contributed by atoms with E-state index < -0.39 is 34.9 Å². The standard InChI is InChI=1S/C29H34N4O7S/c1-17-23-26(35)33(29(9-10-29)15-22(30)34)28(36)32(27(23)41-24(17)25-31-11-14-39-25)16-21(40-18-7-12-38-13-8-18)19-5-3-4-6-20(19)37-2/h3-6,11,14,18,21,23,27H,7-10,12-13,15-16H2,1-2H3,(H2,30,34). The topological polar surface area (TPSA) is 137 Å². The van der Waals surface area contributed by atoms with Gasteiger partial charge >= 0.3 is 6.03 Å². The predicted octanol–water partition coefficient (Wildman–Crippen LogP) is 3.71. The van der Waals surface area contributed by atoms with Crippen molar-refractivity contribution in [2.45, 2.75) is 62.1 Å². The molecule has 1 saturated carbocycles. The number of primary amides is 1. The molecule has 2 saturated heterocycles. The van der Waals surface area contributed by atoms with Gasteiger partial charge in [0, 0.05) is 18.8 Å². The minimum absolute atomic E-state index is 0.0595. The minimum Gasteiger partial charge on any atom is -0.496 e. The molecule has 3 unspecified atom stereocenters. The van der Waals surface area contributed by atoms with Crippen LogP contribution in [-0.4, -0.2) is 76.5 Å². The molecule has 3 fully saturated rings. The molecule has 218 valence electrons. The van der Waals surface area contributed by atoms with Crippen molar-refractivity contribution in [2.75, 3.05) is 26.9 Å². The number of rotatable bonds is 10. The highest BCUT2D eigenvalue weighted by molar-refractivity contribution is 8.09. The van der Waals surface area contributed by atoms with Crippen LogP contribution in [0.3, 0.4) is 0 Å². The summed E-state index contributed by atoms with van der Waals surface area (Å²) in [4.78, 5) is 48.5. The molecule has 4 aliphatic rings. The number of fused-ring (bicyclic) bond motifs is 1. The van der Waals surface area contributed by atoms with Crippen molar-refractivity contribution in [1.82, 2.24) is 14.8 Å². The number of imide groups is 1. The molecule has 1 aromatic carbocycles. The van der Waals surface area contributed by atoms with Gasteiger partial charge in [-0.05, 0) is 44.2 Å². The number of benzene rings is 1. The predicted molar refractivity (Wildman–Crippen MR) is 149 cm³/mol. The van der Waals surface area contributed by atoms with Gasteiger partial charge in [0.05, 0.1) is 54.1 Å². The quantitative estimate of drug-likeness (QED) is 0.444. The summed E-state index contributed by atoms with van der Waals surface area (Å²) in [5, 5.41) is -0.534. The molecule has 1 aromatic heterocycles. The largest absolute Gasteiger partial charge is 0.496 e. The molecule has 11 nitrogen and oxygen atoms in total. The number of thioether (sulfide) groups is 1. The minimum atomic E-state index is -0.901. The molecule has 1 aliphatic carbocycles. The van der Waals surface area contributed by atoms with Crippen LogP contribution in [0.15, 0.2) is 46.7 Å². The second kappa shape index (κ2) is 11.1. The first-order chi connectivity index (χ1) is 19.8. The molecule has 3 atom stereocenters. The Hall–Kier alpha value is -3.35. The number of hydrogen-bond donors (Lipinski definition) is 1. The van der Waals surface area contributed by atoms with Crippen molar-refractivity contribution in [3.05, 3.63) is 53.8 Å². The van der Waals surface area contributed by atoms with Crippen LogP contribution in [0.2, 0.25) is 0 Å². The lowest BCUT2D eigenvalue weighted by molar-refractivity contribution is -0.140. The zero-order chi connectivity index (χ0) is 28.7. The normalized spacial score (nSPS) is 24.9. The molecule has 41 heavy (non-hydrogen) atoms. The highest BCUT2D eigenvalue weighted by Gasteiger charge is 2.62. The maximum atomic E-state index is 14.4. The van der Waals surface area contributed by atoms with E-state index in [0.29, 0.717) is 37.7 Å². The van der Waals surface area contributed by atoms with Crippen LogP contribution >= 0.6 is 11.8 Å². The van der Waals surface area contributed by atoms with E-state index in [4.69, 9.17) is 24.4 Å². The smallest absolute Gasteiger partial charge is 0.328 e. The summed E-state index contributed by atoms with van der Waals surface area (Å²) in [6, 6.07) is 7.17. The van der Waals surface area contributed by atoms with E-state index >= 15 is 0 Å². The van der Waals surface area contributed by atoms with E-state index in [1.165, 1.54) is 22.9 Å². The van der Waals surface area contributed by atoms with E-state index in [1.807, 2.05) is 31.2 Å². The number of hydrogen-bond acceptors (Lipinski definition) is 9. The van der Waals surface area contributed by atoms with E-state index in [1.54, 1.807) is 18.2 Å². The van der Waals surface area contributed by atoms with Crippen LogP contribution in [0, 0.1) is 5.92 Å². The van der Waals surface area contributed by atoms with Gasteiger partial charge in [0.15, 0.2) is 0 Å². The molecule has 0 radical (unpaired) electrons. The monoisotopic (exact) mass is 582 g/mol. The molecule has 6 rings (SSSR count). The Labute approximate surface area is 242 Å². The van der Waals surface area contributed by atoms with Gasteiger partial charge in [0.1, 0.15) is 18.1 Å². The van der Waals surface area contributed by atoms with Gasteiger partial charge in [0.25, 0.3) is 0 Å². The Balaban J connectivity index is 1.39. The number of aromatic nitrogens is 1. The first-order valence-corrected chi connectivity index (χ1v) is 14.8. The maximum absolute atomic E-state index is 14.4. The highest BCUT2D eigenvalue weighted by Crippen LogP contribution is 2.55. The molecule has 4 heterocycles. The number of nitrogens with zero attached hydrogens (tertiary/aromatic N) is 3. The van der Waals surface area contributed by atoms with Crippen LogP contribution in [0.25, 0.3) is 4.91 Å². The summed E-state index contributed by atoms with van der Waals surface area (Å²) >= 11 is 1.40. The van der Waals surface area contributed by atoms with Gasteiger partial charge in [-0.15, -0.1) is 0 Å². The average molecular weight is 583 g/mol. The van der Waals surface area contributed by atoms with E-state index in [9.17, 15) is 14.4 Å². The van der Waals surface area contributed by atoms with Crippen molar-refractivity contribution in [3.8, 4) is 5.75 Å². The van der Waals surface area contributed by atoms with Gasteiger partial charge in [0.2, 0.25) is 17.7 Å². The SMILES string of the molecule is COc1ccccc1C(CN1C(=O)N(C2(CC(N)=O)CC2)C(=O)C2C(C)=C(c3ncco3)SC21)OC1CCOCC1. The second-order valence-electron chi connectivity index (χ2n) is 11.0. The number of nitrogens with two attached hydrogens (primary N) is 1. The summed E-state index contributed by atoms with van der Waals surface area (Å²) in [5.41, 5.74) is 6.28. The van der Waals surface area contributed by atoms with Crippen LogP contribution in [0.5, 0.6) is 5.75 Å². The molecule has 2 aromatic rings. The van der Waals surface area contributed by atoms with Gasteiger partial charge in [-0.3, -0.25) is 14.5 Å². The fraction of sp³-hybridized carbons (Fsp3) is 0.517. The summed E-state index contributed by atoms with van der Waals surface area (Å²) < 4.78 is 23.5. The Morgan fingerprint density at radius 2 is 2.00 bits per heavy atom. The molecule has 4 amide bonds. The van der Waals surface area contributed by atoms with Crippen molar-refractivity contribution in [1.29, 1.82) is 0 Å². The van der Waals surface area contributed by atoms with Crippen LogP contribution < -0.4 is 10.5 Å². The Bertz CT molecular complexity index is 1350. The number of carbonyl (C=O) groups excluding carboxylic acids is 3. The first-order valence-electron chi connectivity index (χ1n) is 13.9. The summed E-state index contributed by atoms with van der Waals surface area (Å²) in [6.45, 7) is 3.26. The average Bonchev–Trinajstić information content (AvgIpc) is 3.35. The zero-order valence-corrected chi connectivity index (χ0v) is 23.9. The molecule has 0 spiro atoms. The number of para-hydroxylation sites is 1. The number of carbonyl (C=O) groups is 3. The zero-order valence-electron chi connectivity index (χ0n) is 23.1. The second-order valence-corrected chi connectivity index (χ2v) is 12.1. The molecule has 3 aliphatic heterocycles. The van der Waals surface area contributed by atoms with Gasteiger partial charge in [-0.25, -0.2) is 9.78 Å². The third-order valence-corrected chi connectivity index (χ3v) is 9.88. The van der Waals surface area contributed by atoms with Crippen LogP contribution in [0.1, 0.15) is 56.6 Å². The van der Waals surface area contributed by atoms with E-state index in [0.717, 1.165) is 28.9 Å². The summed E-state index contributed by atoms with van der Waals surface area (Å²) in [7, 11) is 1.61. The van der Waals surface area contributed by atoms with Crippen molar-refractivity contribution in [3.63, 3.8) is 0 Å². The first kappa shape index (κ1) is 27.8. The van der Waals surface area contributed by atoms with E-state index in [2.05, 4.69) is 4.98 Å². The van der Waals surface area contributed by atoms with E-state index in [-0.39, 0.29) is 25.0 Å². The van der Waals surface area contributed by atoms with Gasteiger partial charge < -0.3 is 29.3 Å². The summed E-state index contributed by atoms with van der Waals surface area (Å²) in [5.74, 6) is -0.432. The Kier molecular flexibility index (Phi) is 7.56. The molecular formula is C29H34N4O7S. The lowest BCUT2D eigenvalue weighted by Gasteiger charge is -2.46. The molecule has 2 N–H and O–H groups in total. The van der Waals surface area contributed by atoms with Crippen LogP contribution in [0.4, 0.5) is 4.79 Å². The van der Waals surface area contributed by atoms with Crippen molar-refractivity contribution >= 4 is 34.5 Å². The maximum Gasteiger partial charge on any atom is 0.328 e. The van der Waals surface area contributed by atoms with Gasteiger partial charge in [-0.2, -0.15) is 0 Å². The van der Waals surface area contributed by atoms with Gasteiger partial charge in [-0.1, -0.05) is 30.0 Å². The number of ether oxygens (including phenoxy) is 3. The number of urea groups is 1. The molecule has 0 bridgehead atoms. The Morgan fingerprint density at radius 1 is 1.24 bits per heavy atom. The van der Waals surface area contributed by atoms with Crippen molar-refractivity contribution in [2.24, 2.45) is 11.7 Å². The molecular weight excluding hydrogens is 548 g/mol. The lowest BCUT2D eigenvalue weighted by atomic mass is 9.93. The fourth-order valence-electron chi connectivity index (χ4n) is 6.15. The number of amides is 4. The Morgan fingerprint density at radius 3 is 2.66 bits per heavy atom.